The van der Waals surface area contributed by atoms with Gasteiger partial charge in [0.1, 0.15) is 0 Å². The molecule has 0 aliphatic carbocycles. The van der Waals surface area contributed by atoms with E-state index in [1.54, 1.807) is 5.43 Å². The third kappa shape index (κ3) is 3.34. The summed E-state index contributed by atoms with van der Waals surface area (Å²) in [6.07, 6.45) is -1.18. The van der Waals surface area contributed by atoms with Crippen LogP contribution in [0.25, 0.3) is 0 Å². The Morgan fingerprint density at radius 3 is 2.50 bits per heavy atom. The second kappa shape index (κ2) is 3.46. The zero-order valence-corrected chi connectivity index (χ0v) is 5.66. The summed E-state index contributed by atoms with van der Waals surface area (Å²) >= 11 is 0. The predicted octanol–water partition coefficient (Wildman–Crippen LogP) is 0.412. The Bertz CT molecular complexity index is 127. The molecule has 0 spiro atoms. The smallest absolute Gasteiger partial charge is 0.256 e. The van der Waals surface area contributed by atoms with Crippen LogP contribution in [0.2, 0.25) is 0 Å². The number of carbonyl (C=O) groups is 1. The van der Waals surface area contributed by atoms with Gasteiger partial charge in [0.05, 0.1) is 6.42 Å². The van der Waals surface area contributed by atoms with Crippen molar-refractivity contribution in [2.24, 2.45) is 5.84 Å². The number of nitrogens with two attached hydrogens (primary N) is 1. The zero-order valence-electron chi connectivity index (χ0n) is 5.66. The first-order valence-corrected chi connectivity index (χ1v) is 2.89. The summed E-state index contributed by atoms with van der Waals surface area (Å²) in [5, 5.41) is 0. The van der Waals surface area contributed by atoms with Gasteiger partial charge in [-0.1, -0.05) is 6.92 Å². The molecule has 0 aromatic rings. The van der Waals surface area contributed by atoms with Crippen LogP contribution in [0, 0.1) is 0 Å². The molecule has 0 aromatic heterocycles. The van der Waals surface area contributed by atoms with E-state index in [0.717, 1.165) is 0 Å². The highest BCUT2D eigenvalue weighted by Gasteiger charge is 2.29. The summed E-state index contributed by atoms with van der Waals surface area (Å²) in [5.74, 6) is 0.833. The van der Waals surface area contributed by atoms with Crippen LogP contribution in [-0.4, -0.2) is 11.8 Å². The molecule has 0 aliphatic rings. The van der Waals surface area contributed by atoms with Crippen LogP contribution in [0.1, 0.15) is 19.8 Å². The minimum absolute atomic E-state index is 0.347. The van der Waals surface area contributed by atoms with E-state index in [2.05, 4.69) is 5.84 Å². The highest BCUT2D eigenvalue weighted by atomic mass is 19.3. The molecule has 0 saturated carbocycles. The topological polar surface area (TPSA) is 55.1 Å². The lowest BCUT2D eigenvalue weighted by Crippen LogP contribution is -2.34. The van der Waals surface area contributed by atoms with Crippen LogP contribution >= 0.6 is 0 Å². The molecule has 0 saturated heterocycles. The fourth-order valence-corrected chi connectivity index (χ4v) is 0.411. The quantitative estimate of drug-likeness (QED) is 0.349. The van der Waals surface area contributed by atoms with Gasteiger partial charge >= 0.3 is 0 Å². The van der Waals surface area contributed by atoms with E-state index < -0.39 is 18.3 Å². The summed E-state index contributed by atoms with van der Waals surface area (Å²) < 4.78 is 24.5. The SMILES string of the molecule is CCC(F)(F)CC(=O)NN. The maximum Gasteiger partial charge on any atom is 0.256 e. The minimum atomic E-state index is -2.93. The molecule has 3 nitrogen and oxygen atoms in total. The molecule has 0 heterocycles. The number of alkyl halides is 2. The summed E-state index contributed by atoms with van der Waals surface area (Å²) in [6, 6.07) is 0. The van der Waals surface area contributed by atoms with Crippen molar-refractivity contribution in [2.75, 3.05) is 0 Å². The van der Waals surface area contributed by atoms with E-state index in [4.69, 9.17) is 0 Å². The zero-order chi connectivity index (χ0) is 8.20. The van der Waals surface area contributed by atoms with Gasteiger partial charge in [-0.25, -0.2) is 14.6 Å². The Hall–Kier alpha value is -0.710. The maximum absolute atomic E-state index is 12.3. The first kappa shape index (κ1) is 9.29. The number of nitrogens with one attached hydrogen (secondary N) is 1. The fourth-order valence-electron chi connectivity index (χ4n) is 0.411. The van der Waals surface area contributed by atoms with Crippen molar-refractivity contribution in [3.63, 3.8) is 0 Å². The molecule has 0 unspecified atom stereocenters. The molecule has 5 heteroatoms. The molecular weight excluding hydrogens is 142 g/mol. The van der Waals surface area contributed by atoms with E-state index in [9.17, 15) is 13.6 Å². The van der Waals surface area contributed by atoms with Gasteiger partial charge in [-0.15, -0.1) is 0 Å². The summed E-state index contributed by atoms with van der Waals surface area (Å²) in [4.78, 5) is 10.3. The summed E-state index contributed by atoms with van der Waals surface area (Å²) in [7, 11) is 0. The van der Waals surface area contributed by atoms with Crippen molar-refractivity contribution in [2.45, 2.75) is 25.7 Å². The predicted molar refractivity (Wildman–Crippen MR) is 32.2 cm³/mol. The molecular formula is C5H10F2N2O. The monoisotopic (exact) mass is 152 g/mol. The van der Waals surface area contributed by atoms with Gasteiger partial charge in [-0.3, -0.25) is 10.2 Å². The lowest BCUT2D eigenvalue weighted by molar-refractivity contribution is -0.128. The van der Waals surface area contributed by atoms with Crippen molar-refractivity contribution in [3.8, 4) is 0 Å². The Morgan fingerprint density at radius 2 is 2.20 bits per heavy atom. The average Bonchev–Trinajstić information content (AvgIpc) is 1.87. The Balaban J connectivity index is 3.76. The Labute approximate surface area is 57.6 Å². The number of carbonyl (C=O) groups excluding carboxylic acids is 1. The average molecular weight is 152 g/mol. The van der Waals surface area contributed by atoms with Gasteiger partial charge in [0, 0.05) is 6.42 Å². The molecule has 0 atom stereocenters. The van der Waals surface area contributed by atoms with Crippen molar-refractivity contribution >= 4 is 5.91 Å². The van der Waals surface area contributed by atoms with Crippen LogP contribution < -0.4 is 11.3 Å². The minimum Gasteiger partial charge on any atom is -0.294 e. The van der Waals surface area contributed by atoms with E-state index in [1.807, 2.05) is 0 Å². The van der Waals surface area contributed by atoms with Crippen LogP contribution in [0.15, 0.2) is 0 Å². The summed E-state index contributed by atoms with van der Waals surface area (Å²) in [5.41, 5.74) is 1.64. The Kier molecular flexibility index (Phi) is 3.21. The van der Waals surface area contributed by atoms with Crippen LogP contribution in [0.5, 0.6) is 0 Å². The lowest BCUT2D eigenvalue weighted by atomic mass is 10.2. The van der Waals surface area contributed by atoms with Crippen LogP contribution in [0.4, 0.5) is 8.78 Å². The van der Waals surface area contributed by atoms with E-state index in [1.165, 1.54) is 6.92 Å². The highest BCUT2D eigenvalue weighted by Crippen LogP contribution is 2.21. The van der Waals surface area contributed by atoms with Crippen molar-refractivity contribution in [3.05, 3.63) is 0 Å². The van der Waals surface area contributed by atoms with E-state index in [0.29, 0.717) is 0 Å². The number of hydrogen-bond acceptors (Lipinski definition) is 2. The normalized spacial score (nSPS) is 11.2. The third-order valence-corrected chi connectivity index (χ3v) is 1.10. The fraction of sp³-hybridized carbons (Fsp3) is 0.800. The molecule has 0 radical (unpaired) electrons. The highest BCUT2D eigenvalue weighted by molar-refractivity contribution is 5.76. The summed E-state index contributed by atoms with van der Waals surface area (Å²) in [6.45, 7) is 1.31. The molecule has 0 fully saturated rings. The van der Waals surface area contributed by atoms with Crippen LogP contribution in [0.3, 0.4) is 0 Å². The van der Waals surface area contributed by atoms with Gasteiger partial charge in [-0.2, -0.15) is 0 Å². The molecule has 0 aromatic carbocycles. The van der Waals surface area contributed by atoms with Crippen molar-refractivity contribution < 1.29 is 13.6 Å². The molecule has 10 heavy (non-hydrogen) atoms. The molecule has 60 valence electrons. The number of amides is 1. The third-order valence-electron chi connectivity index (χ3n) is 1.10. The first-order valence-electron chi connectivity index (χ1n) is 2.89. The van der Waals surface area contributed by atoms with Crippen LogP contribution in [-0.2, 0) is 4.79 Å². The van der Waals surface area contributed by atoms with Gasteiger partial charge < -0.3 is 0 Å². The largest absolute Gasteiger partial charge is 0.294 e. The molecule has 1 amide bonds. The molecule has 0 rings (SSSR count). The standard InChI is InChI=1S/C5H10F2N2O/c1-2-5(6,7)3-4(10)9-8/h2-3,8H2,1H3,(H,9,10). The van der Waals surface area contributed by atoms with E-state index >= 15 is 0 Å². The number of rotatable bonds is 3. The second-order valence-corrected chi connectivity index (χ2v) is 1.95. The first-order chi connectivity index (χ1) is 4.52. The van der Waals surface area contributed by atoms with Crippen molar-refractivity contribution in [1.82, 2.24) is 5.43 Å². The molecule has 0 bridgehead atoms. The van der Waals surface area contributed by atoms with Gasteiger partial charge in [-0.05, 0) is 0 Å². The van der Waals surface area contributed by atoms with Gasteiger partial charge in [0.25, 0.3) is 5.92 Å². The second-order valence-electron chi connectivity index (χ2n) is 1.95. The maximum atomic E-state index is 12.3. The Morgan fingerprint density at radius 1 is 1.70 bits per heavy atom. The number of halogens is 2. The van der Waals surface area contributed by atoms with E-state index in [-0.39, 0.29) is 6.42 Å². The molecule has 0 aliphatic heterocycles. The number of hydrogen-bond donors (Lipinski definition) is 2. The lowest BCUT2D eigenvalue weighted by Gasteiger charge is -2.11. The van der Waals surface area contributed by atoms with Gasteiger partial charge in [0.15, 0.2) is 0 Å². The van der Waals surface area contributed by atoms with Gasteiger partial charge in [0.2, 0.25) is 5.91 Å². The van der Waals surface area contributed by atoms with Crippen molar-refractivity contribution in [1.29, 1.82) is 0 Å². The number of hydrazine groups is 1. The molecule has 3 N–H and O–H groups in total.